The molecule has 0 saturated carbocycles. The Balaban J connectivity index is 1.95. The molecule has 110 valence electrons. The number of nitrogens with one attached hydrogen (secondary N) is 3. The van der Waals surface area contributed by atoms with E-state index < -0.39 is 10.9 Å². The number of rotatable bonds is 4. The lowest BCUT2D eigenvalue weighted by Crippen LogP contribution is -2.36. The van der Waals surface area contributed by atoms with Gasteiger partial charge in [-0.25, -0.2) is 0 Å². The lowest BCUT2D eigenvalue weighted by Gasteiger charge is -2.15. The van der Waals surface area contributed by atoms with Gasteiger partial charge in [-0.15, -0.1) is 0 Å². The minimum Gasteiger partial charge on any atom is -0.349 e. The van der Waals surface area contributed by atoms with Crippen molar-refractivity contribution in [1.29, 1.82) is 0 Å². The van der Waals surface area contributed by atoms with Crippen LogP contribution in [0.4, 0.5) is 22.7 Å². The molecule has 0 unspecified atom stereocenters. The molecule has 0 aliphatic carbocycles. The molecule has 6 nitrogen and oxygen atoms in total. The first-order chi connectivity index (χ1) is 10.6. The molecule has 0 aliphatic rings. The number of H-pyrrole nitrogens is 1. The van der Waals surface area contributed by atoms with Crippen LogP contribution in [0.1, 0.15) is 0 Å². The molecule has 0 aliphatic heterocycles. The highest BCUT2D eigenvalue weighted by molar-refractivity contribution is 9.10. The highest BCUT2D eigenvalue weighted by atomic mass is 79.9. The van der Waals surface area contributed by atoms with Crippen LogP contribution in [0.5, 0.6) is 0 Å². The molecule has 0 spiro atoms. The first kappa shape index (κ1) is 14.3. The Morgan fingerprint density at radius 2 is 1.41 bits per heavy atom. The van der Waals surface area contributed by atoms with Crippen LogP contribution in [-0.4, -0.2) is 4.98 Å². The van der Waals surface area contributed by atoms with Crippen LogP contribution in [-0.2, 0) is 0 Å². The highest BCUT2D eigenvalue weighted by Crippen LogP contribution is 2.27. The molecule has 0 atom stereocenters. The van der Waals surface area contributed by atoms with Crippen molar-refractivity contribution in [2.24, 2.45) is 0 Å². The van der Waals surface area contributed by atoms with E-state index in [0.29, 0.717) is 5.69 Å². The van der Waals surface area contributed by atoms with Crippen molar-refractivity contribution in [2.45, 2.75) is 0 Å². The number of hydrogen-bond donors (Lipinski definition) is 3. The van der Waals surface area contributed by atoms with Gasteiger partial charge in [-0.1, -0.05) is 12.1 Å². The van der Waals surface area contributed by atoms with Crippen molar-refractivity contribution in [3.05, 3.63) is 77.9 Å². The summed E-state index contributed by atoms with van der Waals surface area (Å²) in [5, 5.41) is 5.61. The van der Waals surface area contributed by atoms with E-state index in [2.05, 4.69) is 31.5 Å². The van der Waals surface area contributed by atoms with Crippen LogP contribution in [0.25, 0.3) is 0 Å². The van der Waals surface area contributed by atoms with Crippen LogP contribution < -0.4 is 27.1 Å². The largest absolute Gasteiger partial charge is 0.349 e. The molecule has 1 aromatic heterocycles. The molecule has 0 bridgehead atoms. The van der Waals surface area contributed by atoms with Gasteiger partial charge in [-0.2, -0.15) is 0 Å². The normalized spacial score (nSPS) is 10.6. The lowest BCUT2D eigenvalue weighted by molar-refractivity contribution is 1.23. The third kappa shape index (κ3) is 2.46. The van der Waals surface area contributed by atoms with Crippen molar-refractivity contribution in [1.82, 2.24) is 4.98 Å². The van der Waals surface area contributed by atoms with Crippen molar-refractivity contribution >= 4 is 38.7 Å². The molecule has 0 radical (unpaired) electrons. The second kappa shape index (κ2) is 5.61. The maximum Gasteiger partial charge on any atom is 0.271 e. The molecule has 7 heteroatoms. The monoisotopic (exact) mass is 359 g/mol. The van der Waals surface area contributed by atoms with E-state index in [4.69, 9.17) is 0 Å². The van der Waals surface area contributed by atoms with Gasteiger partial charge in [0.1, 0.15) is 17.1 Å². The van der Waals surface area contributed by atoms with Crippen molar-refractivity contribution in [3.8, 4) is 0 Å². The first-order valence-corrected chi connectivity index (χ1v) is 7.17. The van der Waals surface area contributed by atoms with E-state index >= 15 is 0 Å². The van der Waals surface area contributed by atoms with Crippen LogP contribution in [0.15, 0.2) is 61.5 Å². The first-order valence-electron chi connectivity index (χ1n) is 6.37. The summed E-state index contributed by atoms with van der Waals surface area (Å²) in [5.41, 5.74) is -0.576. The summed E-state index contributed by atoms with van der Waals surface area (Å²) < 4.78 is 0.756. The maximum absolute atomic E-state index is 11.8. The summed E-state index contributed by atoms with van der Waals surface area (Å²) in [6.45, 7) is 0. The molecule has 3 aromatic rings. The predicted molar refractivity (Wildman–Crippen MR) is 89.1 cm³/mol. The molecule has 0 fully saturated rings. The van der Waals surface area contributed by atoms with Gasteiger partial charge in [-0.05, 0) is 40.2 Å². The van der Waals surface area contributed by atoms with Gasteiger partial charge in [0.15, 0.2) is 0 Å². The van der Waals surface area contributed by atoms with Gasteiger partial charge in [0.2, 0.25) is 0 Å². The fourth-order valence-electron chi connectivity index (χ4n) is 1.98. The van der Waals surface area contributed by atoms with Gasteiger partial charge in [0, 0.05) is 10.7 Å². The number of pyridine rings is 1. The average Bonchev–Trinajstić information content (AvgIpc) is 2.53. The maximum atomic E-state index is 11.8. The number of aromatic nitrogens is 1. The van der Waals surface area contributed by atoms with Crippen LogP contribution in [0.3, 0.4) is 0 Å². The Hall–Kier alpha value is -2.67. The SMILES string of the molecule is O=c1[nH]cccc1Nc1c(Nc2ccccc2Br)c(=O)c1=O. The molecule has 3 rings (SSSR count). The molecule has 1 heterocycles. The van der Waals surface area contributed by atoms with Crippen LogP contribution in [0, 0.1) is 0 Å². The van der Waals surface area contributed by atoms with Crippen molar-refractivity contribution in [2.75, 3.05) is 10.6 Å². The summed E-state index contributed by atoms with van der Waals surface area (Å²) in [6.07, 6.45) is 1.48. The number of aromatic amines is 1. The van der Waals surface area contributed by atoms with Gasteiger partial charge >= 0.3 is 0 Å². The smallest absolute Gasteiger partial charge is 0.271 e. The third-order valence-electron chi connectivity index (χ3n) is 3.12. The zero-order valence-electron chi connectivity index (χ0n) is 11.1. The fourth-order valence-corrected chi connectivity index (χ4v) is 2.37. The minimum absolute atomic E-state index is 0.0810. The predicted octanol–water partition coefficient (Wildman–Crippen LogP) is 2.22. The second-order valence-electron chi connectivity index (χ2n) is 4.55. The third-order valence-corrected chi connectivity index (χ3v) is 3.81. The number of para-hydroxylation sites is 1. The molecular weight excluding hydrogens is 350 g/mol. The quantitative estimate of drug-likeness (QED) is 0.621. The second-order valence-corrected chi connectivity index (χ2v) is 5.41. The van der Waals surface area contributed by atoms with E-state index in [0.717, 1.165) is 4.47 Å². The fraction of sp³-hybridized carbons (Fsp3) is 0. The summed E-state index contributed by atoms with van der Waals surface area (Å²) in [6, 6.07) is 10.4. The van der Waals surface area contributed by atoms with Crippen LogP contribution in [0.2, 0.25) is 0 Å². The molecule has 22 heavy (non-hydrogen) atoms. The topological polar surface area (TPSA) is 91.1 Å². The Morgan fingerprint density at radius 1 is 0.818 bits per heavy atom. The molecule has 0 saturated heterocycles. The number of hydrogen-bond acceptors (Lipinski definition) is 5. The minimum atomic E-state index is -0.655. The Labute approximate surface area is 132 Å². The molecule has 2 aromatic carbocycles. The van der Waals surface area contributed by atoms with E-state index in [1.807, 2.05) is 12.1 Å². The number of benzene rings is 1. The zero-order chi connectivity index (χ0) is 15.7. The van der Waals surface area contributed by atoms with E-state index in [-0.39, 0.29) is 22.6 Å². The Bertz CT molecular complexity index is 971. The van der Waals surface area contributed by atoms with E-state index in [1.165, 1.54) is 12.3 Å². The summed E-state index contributed by atoms with van der Waals surface area (Å²) in [5.74, 6) is 0. The lowest BCUT2D eigenvalue weighted by atomic mass is 10.1. The van der Waals surface area contributed by atoms with Crippen LogP contribution >= 0.6 is 15.9 Å². The van der Waals surface area contributed by atoms with Crippen molar-refractivity contribution < 1.29 is 0 Å². The summed E-state index contributed by atoms with van der Waals surface area (Å²) >= 11 is 3.35. The summed E-state index contributed by atoms with van der Waals surface area (Å²) in [7, 11) is 0. The Kier molecular flexibility index (Phi) is 3.64. The van der Waals surface area contributed by atoms with Gasteiger partial charge in [-0.3, -0.25) is 14.4 Å². The van der Waals surface area contributed by atoms with E-state index in [1.54, 1.807) is 18.2 Å². The van der Waals surface area contributed by atoms with E-state index in [9.17, 15) is 14.4 Å². The highest BCUT2D eigenvalue weighted by Gasteiger charge is 2.22. The molecular formula is C15H10BrN3O3. The Morgan fingerprint density at radius 3 is 2.05 bits per heavy atom. The average molecular weight is 360 g/mol. The number of anilines is 4. The van der Waals surface area contributed by atoms with Gasteiger partial charge in [0.25, 0.3) is 16.4 Å². The zero-order valence-corrected chi connectivity index (χ0v) is 12.7. The molecule has 0 amide bonds. The standard InChI is InChI=1S/C15H10BrN3O3/c16-8-4-1-2-5-9(8)18-11-12(14(21)13(11)20)19-10-6-3-7-17-15(10)22/h1-7,18-19H,(H,17,22). The van der Waals surface area contributed by atoms with Crippen molar-refractivity contribution in [3.63, 3.8) is 0 Å². The molecule has 3 N–H and O–H groups in total. The summed E-state index contributed by atoms with van der Waals surface area (Å²) in [4.78, 5) is 37.6. The van der Waals surface area contributed by atoms with Gasteiger partial charge in [0.05, 0.1) is 5.69 Å². The number of halogens is 1. The van der Waals surface area contributed by atoms with Gasteiger partial charge < -0.3 is 15.6 Å².